The highest BCUT2D eigenvalue weighted by Crippen LogP contribution is 2.12. The molecule has 21 heavy (non-hydrogen) atoms. The third kappa shape index (κ3) is 7.97. The van der Waals surface area contributed by atoms with Gasteiger partial charge in [0.05, 0.1) is 7.11 Å². The van der Waals surface area contributed by atoms with Crippen molar-refractivity contribution >= 4 is 11.9 Å². The molecule has 1 amide bonds. The summed E-state index contributed by atoms with van der Waals surface area (Å²) in [6, 6.07) is 7.68. The summed E-state index contributed by atoms with van der Waals surface area (Å²) >= 11 is 0. The van der Waals surface area contributed by atoms with E-state index in [1.807, 2.05) is 24.3 Å². The van der Waals surface area contributed by atoms with Crippen molar-refractivity contribution in [3.63, 3.8) is 0 Å². The van der Waals surface area contributed by atoms with Crippen LogP contribution in [0.1, 0.15) is 37.7 Å². The van der Waals surface area contributed by atoms with E-state index in [4.69, 9.17) is 9.84 Å². The van der Waals surface area contributed by atoms with Gasteiger partial charge in [-0.05, 0) is 37.0 Å². The maximum absolute atomic E-state index is 11.7. The van der Waals surface area contributed by atoms with Crippen LogP contribution in [-0.4, -0.2) is 30.6 Å². The second kappa shape index (κ2) is 9.80. The third-order valence-corrected chi connectivity index (χ3v) is 3.19. The Morgan fingerprint density at radius 2 is 1.81 bits per heavy atom. The number of hydrogen-bond acceptors (Lipinski definition) is 3. The molecular weight excluding hydrogens is 270 g/mol. The van der Waals surface area contributed by atoms with Crippen molar-refractivity contribution in [3.8, 4) is 5.75 Å². The Morgan fingerprint density at radius 3 is 2.43 bits per heavy atom. The first-order chi connectivity index (χ1) is 10.1. The van der Waals surface area contributed by atoms with E-state index in [1.54, 1.807) is 7.11 Å². The SMILES string of the molecule is COc1ccc(CCC(=O)NCCCCCC(=O)O)cc1. The number of unbranched alkanes of at least 4 members (excludes halogenated alkanes) is 2. The Hall–Kier alpha value is -2.04. The summed E-state index contributed by atoms with van der Waals surface area (Å²) in [7, 11) is 1.62. The van der Waals surface area contributed by atoms with Gasteiger partial charge in [0.2, 0.25) is 5.91 Å². The number of aryl methyl sites for hydroxylation is 1. The van der Waals surface area contributed by atoms with E-state index in [9.17, 15) is 9.59 Å². The highest BCUT2D eigenvalue weighted by atomic mass is 16.5. The van der Waals surface area contributed by atoms with Crippen molar-refractivity contribution in [1.29, 1.82) is 0 Å². The first kappa shape index (κ1) is 17.0. The van der Waals surface area contributed by atoms with Crippen LogP contribution in [0.4, 0.5) is 0 Å². The van der Waals surface area contributed by atoms with Crippen LogP contribution >= 0.6 is 0 Å². The van der Waals surface area contributed by atoms with Gasteiger partial charge < -0.3 is 15.2 Å². The van der Waals surface area contributed by atoms with Crippen LogP contribution in [-0.2, 0) is 16.0 Å². The minimum absolute atomic E-state index is 0.0315. The predicted molar refractivity (Wildman–Crippen MR) is 80.4 cm³/mol. The molecule has 0 atom stereocenters. The number of carbonyl (C=O) groups excluding carboxylic acids is 1. The maximum Gasteiger partial charge on any atom is 0.303 e. The second-order valence-corrected chi connectivity index (χ2v) is 4.90. The molecule has 1 aromatic rings. The van der Waals surface area contributed by atoms with Gasteiger partial charge in [0, 0.05) is 19.4 Å². The molecule has 0 aliphatic carbocycles. The number of rotatable bonds is 10. The molecule has 0 unspecified atom stereocenters. The van der Waals surface area contributed by atoms with E-state index in [-0.39, 0.29) is 12.3 Å². The van der Waals surface area contributed by atoms with Gasteiger partial charge in [-0.25, -0.2) is 0 Å². The Kier molecular flexibility index (Phi) is 7.94. The molecule has 2 N–H and O–H groups in total. The summed E-state index contributed by atoms with van der Waals surface area (Å²) in [5, 5.41) is 11.3. The van der Waals surface area contributed by atoms with Crippen molar-refractivity contribution in [2.24, 2.45) is 0 Å². The number of methoxy groups -OCH3 is 1. The summed E-state index contributed by atoms with van der Waals surface area (Å²) in [5.41, 5.74) is 1.10. The molecule has 0 heterocycles. The van der Waals surface area contributed by atoms with Crippen molar-refractivity contribution in [1.82, 2.24) is 5.32 Å². The largest absolute Gasteiger partial charge is 0.497 e. The zero-order valence-corrected chi connectivity index (χ0v) is 12.4. The van der Waals surface area contributed by atoms with Crippen LogP contribution in [0, 0.1) is 0 Å². The average molecular weight is 293 g/mol. The molecule has 0 spiro atoms. The molecule has 1 rings (SSSR count). The molecule has 0 fully saturated rings. The summed E-state index contributed by atoms with van der Waals surface area (Å²) in [6.45, 7) is 0.612. The van der Waals surface area contributed by atoms with Gasteiger partial charge in [0.15, 0.2) is 0 Å². The van der Waals surface area contributed by atoms with Gasteiger partial charge in [0.1, 0.15) is 5.75 Å². The minimum Gasteiger partial charge on any atom is -0.497 e. The lowest BCUT2D eigenvalue weighted by atomic mass is 10.1. The lowest BCUT2D eigenvalue weighted by molar-refractivity contribution is -0.137. The zero-order valence-electron chi connectivity index (χ0n) is 12.4. The van der Waals surface area contributed by atoms with Gasteiger partial charge in [-0.2, -0.15) is 0 Å². The average Bonchev–Trinajstić information content (AvgIpc) is 2.49. The number of carboxylic acid groups (broad SMARTS) is 1. The normalized spacial score (nSPS) is 10.1. The third-order valence-electron chi connectivity index (χ3n) is 3.19. The molecule has 0 aliphatic heterocycles. The lowest BCUT2D eigenvalue weighted by Gasteiger charge is -2.06. The topological polar surface area (TPSA) is 75.6 Å². The molecule has 116 valence electrons. The highest BCUT2D eigenvalue weighted by Gasteiger charge is 2.02. The fourth-order valence-electron chi connectivity index (χ4n) is 1.94. The highest BCUT2D eigenvalue weighted by molar-refractivity contribution is 5.76. The van der Waals surface area contributed by atoms with Crippen molar-refractivity contribution in [3.05, 3.63) is 29.8 Å². The molecule has 0 aromatic heterocycles. The Bertz CT molecular complexity index is 442. The first-order valence-corrected chi connectivity index (χ1v) is 7.23. The van der Waals surface area contributed by atoms with Crippen LogP contribution in [0.3, 0.4) is 0 Å². The fraction of sp³-hybridized carbons (Fsp3) is 0.500. The van der Waals surface area contributed by atoms with E-state index >= 15 is 0 Å². The second-order valence-electron chi connectivity index (χ2n) is 4.90. The van der Waals surface area contributed by atoms with Gasteiger partial charge in [0.25, 0.3) is 0 Å². The molecule has 0 bridgehead atoms. The van der Waals surface area contributed by atoms with E-state index in [1.165, 1.54) is 0 Å². The first-order valence-electron chi connectivity index (χ1n) is 7.23. The molecule has 0 radical (unpaired) electrons. The lowest BCUT2D eigenvalue weighted by Crippen LogP contribution is -2.24. The number of ether oxygens (including phenoxy) is 1. The van der Waals surface area contributed by atoms with Crippen molar-refractivity contribution < 1.29 is 19.4 Å². The molecule has 5 heteroatoms. The van der Waals surface area contributed by atoms with E-state index in [0.29, 0.717) is 25.8 Å². The van der Waals surface area contributed by atoms with E-state index < -0.39 is 5.97 Å². The smallest absolute Gasteiger partial charge is 0.303 e. The minimum atomic E-state index is -0.765. The predicted octanol–water partition coefficient (Wildman–Crippen LogP) is 2.39. The Morgan fingerprint density at radius 1 is 1.10 bits per heavy atom. The van der Waals surface area contributed by atoms with Crippen LogP contribution in [0.15, 0.2) is 24.3 Å². The maximum atomic E-state index is 11.7. The molecule has 0 aliphatic rings. The quantitative estimate of drug-likeness (QED) is 0.649. The van der Waals surface area contributed by atoms with Gasteiger partial charge in [-0.15, -0.1) is 0 Å². The Labute approximate surface area is 125 Å². The zero-order chi connectivity index (χ0) is 15.5. The summed E-state index contributed by atoms with van der Waals surface area (Å²) in [4.78, 5) is 22.0. The molecule has 5 nitrogen and oxygen atoms in total. The van der Waals surface area contributed by atoms with Gasteiger partial charge in [-0.3, -0.25) is 9.59 Å². The van der Waals surface area contributed by atoms with Gasteiger partial charge in [-0.1, -0.05) is 18.6 Å². The molecule has 0 saturated heterocycles. The number of carbonyl (C=O) groups is 2. The number of benzene rings is 1. The number of aliphatic carboxylic acids is 1. The standard InChI is InChI=1S/C16H23NO4/c1-21-14-9-6-13(7-10-14)8-11-15(18)17-12-4-2-3-5-16(19)20/h6-7,9-10H,2-5,8,11-12H2,1H3,(H,17,18)(H,19,20). The van der Waals surface area contributed by atoms with Crippen LogP contribution in [0.25, 0.3) is 0 Å². The number of amides is 1. The van der Waals surface area contributed by atoms with Gasteiger partial charge >= 0.3 is 5.97 Å². The monoisotopic (exact) mass is 293 g/mol. The summed E-state index contributed by atoms with van der Waals surface area (Å²) in [6.07, 6.45) is 3.67. The number of nitrogens with one attached hydrogen (secondary N) is 1. The van der Waals surface area contributed by atoms with E-state index in [0.717, 1.165) is 24.2 Å². The van der Waals surface area contributed by atoms with Crippen molar-refractivity contribution in [2.45, 2.75) is 38.5 Å². The van der Waals surface area contributed by atoms with Crippen LogP contribution in [0.5, 0.6) is 5.75 Å². The van der Waals surface area contributed by atoms with E-state index in [2.05, 4.69) is 5.32 Å². The molecule has 1 aromatic carbocycles. The number of carboxylic acids is 1. The molecule has 0 saturated carbocycles. The Balaban J connectivity index is 2.09. The summed E-state index contributed by atoms with van der Waals surface area (Å²) < 4.78 is 5.08. The van der Waals surface area contributed by atoms with Crippen LogP contribution < -0.4 is 10.1 Å². The summed E-state index contributed by atoms with van der Waals surface area (Å²) in [5.74, 6) is 0.0761. The number of hydrogen-bond donors (Lipinski definition) is 2. The van der Waals surface area contributed by atoms with Crippen molar-refractivity contribution in [2.75, 3.05) is 13.7 Å². The van der Waals surface area contributed by atoms with Crippen LogP contribution in [0.2, 0.25) is 0 Å². The molecular formula is C16H23NO4. The fourth-order valence-corrected chi connectivity index (χ4v) is 1.94.